The fraction of sp³-hybridized carbons (Fsp3) is 0.545. The molecule has 1 aromatic rings. The Kier molecular flexibility index (Phi) is 8.38. The van der Waals surface area contributed by atoms with Gasteiger partial charge in [-0.2, -0.15) is 5.26 Å². The zero-order valence-corrected chi connectivity index (χ0v) is 19.7. The normalized spacial score (nSPS) is 18.2. The molecule has 0 spiro atoms. The molecule has 1 amide bonds. The molecule has 0 radical (unpaired) electrons. The zero-order valence-electron chi connectivity index (χ0n) is 18.8. The van der Waals surface area contributed by atoms with E-state index in [1.807, 2.05) is 13.8 Å². The molecule has 2 atom stereocenters. The molecule has 32 heavy (non-hydrogen) atoms. The first-order valence-electron chi connectivity index (χ1n) is 10.6. The number of esters is 1. The number of hydrogen-bond donors (Lipinski definition) is 2. The van der Waals surface area contributed by atoms with Gasteiger partial charge in [-0.1, -0.05) is 32.4 Å². The standard InChI is InChI=1S/C22H30N4O5S/c1-15(2)22(4,14-23)25-21(28)16(3)31-19(27)12-6-5-9-13-24-20-17-10-7-8-11-18(17)32(29,30)26-20/h7-8,10-11,15-16H,5-6,9,12-13H2,1-4H3,(H,24,26)(H,25,28). The monoisotopic (exact) mass is 462 g/mol. The summed E-state index contributed by atoms with van der Waals surface area (Å²) in [6.07, 6.45) is 1.09. The maximum Gasteiger partial charge on any atom is 0.306 e. The molecule has 2 unspecified atom stereocenters. The number of carbonyl (C=O) groups is 2. The van der Waals surface area contributed by atoms with Gasteiger partial charge in [0, 0.05) is 18.5 Å². The molecule has 10 heteroatoms. The molecule has 0 bridgehead atoms. The van der Waals surface area contributed by atoms with Crippen LogP contribution in [0.1, 0.15) is 58.9 Å². The molecule has 0 saturated carbocycles. The molecular formula is C22H30N4O5S. The summed E-state index contributed by atoms with van der Waals surface area (Å²) in [4.78, 5) is 28.8. The lowest BCUT2D eigenvalue weighted by Gasteiger charge is -2.28. The molecule has 1 aromatic carbocycles. The van der Waals surface area contributed by atoms with Crippen LogP contribution in [0, 0.1) is 17.2 Å². The highest BCUT2D eigenvalue weighted by Crippen LogP contribution is 2.22. The van der Waals surface area contributed by atoms with Gasteiger partial charge in [0.1, 0.15) is 11.4 Å². The summed E-state index contributed by atoms with van der Waals surface area (Å²) in [6, 6.07) is 8.75. The predicted octanol–water partition coefficient (Wildman–Crippen LogP) is 2.27. The van der Waals surface area contributed by atoms with Crippen LogP contribution in [-0.2, 0) is 24.3 Å². The van der Waals surface area contributed by atoms with Gasteiger partial charge in [0.25, 0.3) is 15.9 Å². The second-order valence-corrected chi connectivity index (χ2v) is 9.88. The molecule has 0 saturated heterocycles. The highest BCUT2D eigenvalue weighted by molar-refractivity contribution is 7.90. The van der Waals surface area contributed by atoms with Crippen molar-refractivity contribution in [1.29, 1.82) is 5.26 Å². The second kappa shape index (κ2) is 10.6. The smallest absolute Gasteiger partial charge is 0.306 e. The van der Waals surface area contributed by atoms with Gasteiger partial charge in [-0.15, -0.1) is 0 Å². The summed E-state index contributed by atoms with van der Waals surface area (Å²) in [5, 5.41) is 11.9. The number of amides is 1. The van der Waals surface area contributed by atoms with E-state index in [9.17, 15) is 23.3 Å². The topological polar surface area (TPSA) is 138 Å². The fourth-order valence-corrected chi connectivity index (χ4v) is 4.22. The van der Waals surface area contributed by atoms with Crippen molar-refractivity contribution in [3.63, 3.8) is 0 Å². The minimum Gasteiger partial charge on any atom is -0.453 e. The van der Waals surface area contributed by atoms with Gasteiger partial charge in [-0.25, -0.2) is 8.42 Å². The van der Waals surface area contributed by atoms with E-state index in [1.54, 1.807) is 25.1 Å². The predicted molar refractivity (Wildman–Crippen MR) is 119 cm³/mol. The number of hydrogen-bond acceptors (Lipinski definition) is 7. The number of fused-ring (bicyclic) bond motifs is 1. The number of carbonyl (C=O) groups excluding carboxylic acids is 2. The van der Waals surface area contributed by atoms with Crippen LogP contribution in [0.3, 0.4) is 0 Å². The molecule has 0 aliphatic carbocycles. The van der Waals surface area contributed by atoms with Gasteiger partial charge in [-0.05, 0) is 44.7 Å². The van der Waals surface area contributed by atoms with Crippen molar-refractivity contribution in [3.05, 3.63) is 29.8 Å². The number of unbranched alkanes of at least 4 members (excludes halogenated alkanes) is 2. The van der Waals surface area contributed by atoms with Crippen molar-refractivity contribution < 1.29 is 22.7 Å². The first-order chi connectivity index (χ1) is 15.0. The van der Waals surface area contributed by atoms with Gasteiger partial charge in [-0.3, -0.25) is 19.3 Å². The summed E-state index contributed by atoms with van der Waals surface area (Å²) in [5.74, 6) is -0.757. The number of nitrogens with one attached hydrogen (secondary N) is 2. The number of sulfonamides is 1. The number of nitrogens with zero attached hydrogens (tertiary/aromatic N) is 2. The van der Waals surface area contributed by atoms with Crippen molar-refractivity contribution in [3.8, 4) is 6.07 Å². The molecule has 1 aliphatic heterocycles. The third kappa shape index (κ3) is 6.29. The van der Waals surface area contributed by atoms with Crippen molar-refractivity contribution in [2.45, 2.75) is 69.9 Å². The average Bonchev–Trinajstić information content (AvgIpc) is 3.00. The Bertz CT molecular complexity index is 1030. The zero-order chi connectivity index (χ0) is 23.9. The van der Waals surface area contributed by atoms with E-state index >= 15 is 0 Å². The van der Waals surface area contributed by atoms with Crippen LogP contribution in [0.5, 0.6) is 0 Å². The molecular weight excluding hydrogens is 432 g/mol. The Morgan fingerprint density at radius 3 is 2.56 bits per heavy atom. The van der Waals surface area contributed by atoms with E-state index in [0.717, 1.165) is 0 Å². The number of rotatable bonds is 10. The second-order valence-electron chi connectivity index (χ2n) is 8.23. The van der Waals surface area contributed by atoms with E-state index in [-0.39, 0.29) is 17.2 Å². The third-order valence-electron chi connectivity index (χ3n) is 5.42. The molecule has 2 N–H and O–H groups in total. The number of nitriles is 1. The van der Waals surface area contributed by atoms with Gasteiger partial charge < -0.3 is 10.1 Å². The summed E-state index contributed by atoms with van der Waals surface area (Å²) in [5.41, 5.74) is -0.471. The lowest BCUT2D eigenvalue weighted by molar-refractivity contribution is -0.155. The lowest BCUT2D eigenvalue weighted by atomic mass is 9.90. The summed E-state index contributed by atoms with van der Waals surface area (Å²) in [7, 11) is -3.54. The molecule has 0 aromatic heterocycles. The minimum atomic E-state index is -3.54. The van der Waals surface area contributed by atoms with Crippen LogP contribution in [0.4, 0.5) is 0 Å². The summed E-state index contributed by atoms with van der Waals surface area (Å²) < 4.78 is 31.7. The molecule has 9 nitrogen and oxygen atoms in total. The fourth-order valence-electron chi connectivity index (χ4n) is 2.97. The van der Waals surface area contributed by atoms with E-state index in [2.05, 4.69) is 21.1 Å². The summed E-state index contributed by atoms with van der Waals surface area (Å²) in [6.45, 7) is 7.17. The minimum absolute atomic E-state index is 0.101. The van der Waals surface area contributed by atoms with Crippen LogP contribution < -0.4 is 10.0 Å². The van der Waals surface area contributed by atoms with Gasteiger partial charge in [0.05, 0.1) is 11.0 Å². The summed E-state index contributed by atoms with van der Waals surface area (Å²) >= 11 is 0. The number of aliphatic imine (C=N–C) groups is 1. The first kappa shape index (κ1) is 25.3. The van der Waals surface area contributed by atoms with E-state index in [4.69, 9.17) is 4.74 Å². The number of amidine groups is 1. The third-order valence-corrected chi connectivity index (χ3v) is 6.82. The molecule has 0 fully saturated rings. The Labute approximate surface area is 189 Å². The highest BCUT2D eigenvalue weighted by Gasteiger charge is 2.32. The van der Waals surface area contributed by atoms with Crippen LogP contribution in [0.15, 0.2) is 34.2 Å². The van der Waals surface area contributed by atoms with Crippen LogP contribution in [-0.4, -0.2) is 44.3 Å². The molecule has 2 rings (SSSR count). The van der Waals surface area contributed by atoms with E-state index in [0.29, 0.717) is 37.2 Å². The Hall–Kier alpha value is -2.93. The van der Waals surface area contributed by atoms with Gasteiger partial charge in [0.15, 0.2) is 6.10 Å². The Morgan fingerprint density at radius 1 is 1.22 bits per heavy atom. The van der Waals surface area contributed by atoms with Crippen LogP contribution in [0.2, 0.25) is 0 Å². The Balaban J connectivity index is 1.72. The van der Waals surface area contributed by atoms with Crippen molar-refractivity contribution >= 4 is 27.7 Å². The van der Waals surface area contributed by atoms with Crippen LogP contribution >= 0.6 is 0 Å². The maximum absolute atomic E-state index is 12.2. The van der Waals surface area contributed by atoms with Crippen molar-refractivity contribution in [2.75, 3.05) is 6.54 Å². The highest BCUT2D eigenvalue weighted by atomic mass is 32.2. The molecule has 174 valence electrons. The number of benzene rings is 1. The maximum atomic E-state index is 12.2. The quantitative estimate of drug-likeness (QED) is 0.404. The van der Waals surface area contributed by atoms with Crippen molar-refractivity contribution in [2.24, 2.45) is 10.9 Å². The van der Waals surface area contributed by atoms with E-state index < -0.39 is 33.5 Å². The van der Waals surface area contributed by atoms with Crippen LogP contribution in [0.25, 0.3) is 0 Å². The molecule has 1 heterocycles. The average molecular weight is 463 g/mol. The number of ether oxygens (including phenoxy) is 1. The van der Waals surface area contributed by atoms with E-state index in [1.165, 1.54) is 13.0 Å². The largest absolute Gasteiger partial charge is 0.453 e. The van der Waals surface area contributed by atoms with Gasteiger partial charge >= 0.3 is 5.97 Å². The molecule has 1 aliphatic rings. The first-order valence-corrected chi connectivity index (χ1v) is 12.1. The van der Waals surface area contributed by atoms with Crippen molar-refractivity contribution in [1.82, 2.24) is 10.0 Å². The van der Waals surface area contributed by atoms with Gasteiger partial charge in [0.2, 0.25) is 0 Å². The lowest BCUT2D eigenvalue weighted by Crippen LogP contribution is -2.52. The Morgan fingerprint density at radius 2 is 1.91 bits per heavy atom. The SMILES string of the molecule is CC(OC(=O)CCCCCN=C1NS(=O)(=O)c2ccccc21)C(=O)NC(C)(C#N)C(C)C.